The first-order valence-electron chi connectivity index (χ1n) is 2.45. The van der Waals surface area contributed by atoms with Crippen LogP contribution in [0.25, 0.3) is 0 Å². The van der Waals surface area contributed by atoms with Gasteiger partial charge in [-0.1, -0.05) is 6.92 Å². The van der Waals surface area contributed by atoms with Gasteiger partial charge in [0, 0.05) is 0 Å². The number of hydrogen-bond donors (Lipinski definition) is 3. The second kappa shape index (κ2) is 6.25. The summed E-state index contributed by atoms with van der Waals surface area (Å²) in [4.78, 5) is 16.3. The Kier molecular flexibility index (Phi) is 8.90. The maximum atomic E-state index is 9.99. The molecule has 4 N–H and O–H groups in total. The molecule has 0 saturated heterocycles. The number of rotatable bonds is 3. The molecule has 0 spiro atoms. The van der Waals surface area contributed by atoms with Crippen LogP contribution in [0.4, 0.5) is 0 Å². The topological polar surface area (TPSA) is 92.8 Å². The fourth-order valence-corrected chi connectivity index (χ4v) is 0.753. The fourth-order valence-electron chi connectivity index (χ4n) is 0.251. The summed E-state index contributed by atoms with van der Waals surface area (Å²) in [5.41, 5.74) is 5.04. The van der Waals surface area contributed by atoms with Gasteiger partial charge in [0.15, 0.2) is 0 Å². The number of nitrogens with two attached hydrogens (primary N) is 1. The van der Waals surface area contributed by atoms with Crippen LogP contribution in [0.2, 0.25) is 0 Å². The van der Waals surface area contributed by atoms with Crippen molar-refractivity contribution in [2.45, 2.75) is 19.6 Å². The minimum Gasteiger partial charge on any atom is -1.00 e. The van der Waals surface area contributed by atoms with Crippen molar-refractivity contribution in [2.75, 3.05) is 0 Å². The third-order valence-electron chi connectivity index (χ3n) is 0.675. The van der Waals surface area contributed by atoms with Crippen molar-refractivity contribution in [1.29, 1.82) is 0 Å². The zero-order valence-corrected chi connectivity index (χ0v) is 10.0. The predicted octanol–water partition coefficient (Wildman–Crippen LogP) is -3.09. The molecule has 0 aromatic rings. The van der Waals surface area contributed by atoms with Gasteiger partial charge in [-0.15, -0.1) is 0 Å². The summed E-state index contributed by atoms with van der Waals surface area (Å²) in [5.74, 6) is 0. The Morgan fingerprint density at radius 1 is 1.80 bits per heavy atom. The van der Waals surface area contributed by atoms with E-state index < -0.39 is 14.1 Å². The maximum Gasteiger partial charge on any atom is 1.00 e. The smallest absolute Gasteiger partial charge is 1.00 e. The van der Waals surface area contributed by atoms with Crippen LogP contribution < -0.4 is 57.1 Å². The zero-order chi connectivity index (χ0) is 7.49. The molecule has 0 aliphatic rings. The van der Waals surface area contributed by atoms with Gasteiger partial charge in [0.25, 0.3) is 0 Å². The molecule has 5 nitrogen and oxygen atoms in total. The molecule has 7 heteroatoms. The number of phosphoric acid groups is 1. The Morgan fingerprint density at radius 2 is 2.20 bits per heavy atom. The molecule has 0 rings (SSSR count). The van der Waals surface area contributed by atoms with Crippen LogP contribution in [-0.2, 0) is 9.09 Å². The molecule has 58 valence electrons. The van der Waals surface area contributed by atoms with Crippen molar-refractivity contribution in [1.82, 2.24) is 0 Å². The van der Waals surface area contributed by atoms with Crippen LogP contribution in [0.1, 0.15) is 14.8 Å². The van der Waals surface area contributed by atoms with Crippen LogP contribution in [0, 0.1) is 0 Å². The largest absolute Gasteiger partial charge is 1.00 e. The average Bonchev–Trinajstić information content (AvgIpc) is 1.62. The second-order valence-electron chi connectivity index (χ2n) is 1.54. The summed E-state index contributed by atoms with van der Waals surface area (Å²) in [6.45, 7) is 1.67. The van der Waals surface area contributed by atoms with Gasteiger partial charge < -0.3 is 16.9 Å². The Balaban J connectivity index is -0.000000320. The fraction of sp³-hybridized carbons (Fsp3) is 1.00. The molecule has 0 bridgehead atoms. The van der Waals surface area contributed by atoms with Gasteiger partial charge in [0.1, 0.15) is 6.23 Å². The average molecular weight is 195 g/mol. The van der Waals surface area contributed by atoms with E-state index in [0.717, 1.165) is 0 Å². The summed E-state index contributed by atoms with van der Waals surface area (Å²) in [7, 11) is -4.36. The first-order valence-corrected chi connectivity index (χ1v) is 3.98. The van der Waals surface area contributed by atoms with E-state index in [1.807, 2.05) is 0 Å². The Morgan fingerprint density at radius 3 is 2.30 bits per heavy atom. The van der Waals surface area contributed by atoms with E-state index >= 15 is 0 Å². The molecule has 1 atom stereocenters. The Labute approximate surface area is 103 Å². The molecule has 0 aromatic carbocycles. The van der Waals surface area contributed by atoms with Crippen LogP contribution in [-0.4, -0.2) is 16.0 Å². The van der Waals surface area contributed by atoms with E-state index in [2.05, 4.69) is 4.52 Å². The van der Waals surface area contributed by atoms with E-state index in [0.29, 0.717) is 6.42 Å². The number of hydrogen-bond acceptors (Lipinski definition) is 3. The van der Waals surface area contributed by atoms with E-state index in [9.17, 15) is 4.57 Å². The molecule has 0 aromatic heterocycles. The van der Waals surface area contributed by atoms with Gasteiger partial charge in [-0.3, -0.25) is 4.52 Å². The van der Waals surface area contributed by atoms with Gasteiger partial charge in [0.2, 0.25) is 0 Å². The molecule has 0 saturated carbocycles. The molecule has 10 heavy (non-hydrogen) atoms. The molecule has 0 heterocycles. The van der Waals surface area contributed by atoms with Gasteiger partial charge in [-0.05, 0) is 6.42 Å². The second-order valence-corrected chi connectivity index (χ2v) is 2.73. The van der Waals surface area contributed by atoms with Crippen LogP contribution in [0.5, 0.6) is 0 Å². The normalized spacial score (nSPS) is 14.0. The van der Waals surface area contributed by atoms with Gasteiger partial charge in [-0.25, -0.2) is 4.57 Å². The van der Waals surface area contributed by atoms with E-state index in [1.54, 1.807) is 6.92 Å². The molecule has 0 aliphatic heterocycles. The Hall–Kier alpha value is 1.71. The first kappa shape index (κ1) is 14.2. The minimum atomic E-state index is -4.36. The molecular formula is C3H11KNO4P. The van der Waals surface area contributed by atoms with Crippen molar-refractivity contribution in [3.8, 4) is 0 Å². The molecule has 0 radical (unpaired) electrons. The molecule has 1 unspecified atom stereocenters. The van der Waals surface area contributed by atoms with E-state index in [4.69, 9.17) is 15.5 Å². The quantitative estimate of drug-likeness (QED) is 0.252. The summed E-state index contributed by atoms with van der Waals surface area (Å²) < 4.78 is 14.0. The zero-order valence-electron chi connectivity index (χ0n) is 7.02. The van der Waals surface area contributed by atoms with Crippen LogP contribution >= 0.6 is 7.82 Å². The minimum absolute atomic E-state index is 0. The molecular weight excluding hydrogens is 184 g/mol. The van der Waals surface area contributed by atoms with E-state index in [-0.39, 0.29) is 52.8 Å². The first-order chi connectivity index (χ1) is 3.95. The van der Waals surface area contributed by atoms with Gasteiger partial charge in [-0.2, -0.15) is 0 Å². The molecule has 0 amide bonds. The summed E-state index contributed by atoms with van der Waals surface area (Å²) in [6.07, 6.45) is -0.490. The van der Waals surface area contributed by atoms with E-state index in [1.165, 1.54) is 0 Å². The monoisotopic (exact) mass is 195 g/mol. The van der Waals surface area contributed by atoms with Gasteiger partial charge >= 0.3 is 59.2 Å². The van der Waals surface area contributed by atoms with Crippen LogP contribution in [0.15, 0.2) is 0 Å². The summed E-state index contributed by atoms with van der Waals surface area (Å²) >= 11 is 0. The van der Waals surface area contributed by atoms with Crippen molar-refractivity contribution >= 4 is 7.82 Å². The van der Waals surface area contributed by atoms with Crippen molar-refractivity contribution in [2.24, 2.45) is 5.73 Å². The summed E-state index contributed by atoms with van der Waals surface area (Å²) in [5, 5.41) is 0. The third kappa shape index (κ3) is 9.71. The Bertz CT molecular complexity index is 131. The molecule has 0 fully saturated rings. The standard InChI is InChI=1S/C3H10NO4P.K.H/c1-2-3(4)8-9(5,6)7;;/h3H,2,4H2,1H3,(H2,5,6,7);;/q;+1;-1. The predicted molar refractivity (Wildman–Crippen MR) is 32.5 cm³/mol. The molecule has 0 aliphatic carbocycles. The van der Waals surface area contributed by atoms with Gasteiger partial charge in [0.05, 0.1) is 0 Å². The summed E-state index contributed by atoms with van der Waals surface area (Å²) in [6, 6.07) is 0. The van der Waals surface area contributed by atoms with Crippen LogP contribution in [0.3, 0.4) is 0 Å². The number of phosphoric ester groups is 1. The maximum absolute atomic E-state index is 9.99. The SMILES string of the molecule is CCC(N)OP(=O)(O)O.[H-].[K+]. The van der Waals surface area contributed by atoms with Crippen molar-refractivity contribution < 1.29 is 71.7 Å². The third-order valence-corrected chi connectivity index (χ3v) is 1.22. The van der Waals surface area contributed by atoms with Crippen molar-refractivity contribution in [3.05, 3.63) is 0 Å². The van der Waals surface area contributed by atoms with Crippen molar-refractivity contribution in [3.63, 3.8) is 0 Å².